The second-order valence-electron chi connectivity index (χ2n) is 8.72. The minimum absolute atomic E-state index is 0.0352. The highest BCUT2D eigenvalue weighted by Gasteiger charge is 2.24. The SMILES string of the molecule is Nc1cccc(-c2ccn(C(Cc3ccncc3)c3ccc(OC(F)F)c(OCC4CC4)c3)n2)c1. The van der Waals surface area contributed by atoms with E-state index in [9.17, 15) is 8.78 Å². The van der Waals surface area contributed by atoms with Crippen LogP contribution in [0.15, 0.2) is 79.3 Å². The van der Waals surface area contributed by atoms with Gasteiger partial charge in [0.2, 0.25) is 0 Å². The molecule has 1 aliphatic carbocycles. The van der Waals surface area contributed by atoms with E-state index in [0.29, 0.717) is 30.4 Å². The molecule has 1 fully saturated rings. The average molecular weight is 477 g/mol. The summed E-state index contributed by atoms with van der Waals surface area (Å²) >= 11 is 0. The summed E-state index contributed by atoms with van der Waals surface area (Å²) in [6, 6.07) is 18.3. The van der Waals surface area contributed by atoms with Gasteiger partial charge in [-0.1, -0.05) is 18.2 Å². The molecule has 4 aromatic rings. The Morgan fingerprint density at radius 2 is 1.83 bits per heavy atom. The Hall–Kier alpha value is -3.94. The predicted octanol–water partition coefficient (Wildman–Crippen LogP) is 5.75. The number of nitrogens with two attached hydrogens (primary N) is 1. The molecular weight excluding hydrogens is 450 g/mol. The Morgan fingerprint density at radius 1 is 1.00 bits per heavy atom. The van der Waals surface area contributed by atoms with Gasteiger partial charge >= 0.3 is 6.61 Å². The summed E-state index contributed by atoms with van der Waals surface area (Å²) in [5.41, 5.74) is 10.3. The second kappa shape index (κ2) is 10.1. The number of ether oxygens (including phenoxy) is 2. The minimum atomic E-state index is -2.93. The number of hydrogen-bond donors (Lipinski definition) is 1. The molecule has 2 aromatic carbocycles. The van der Waals surface area contributed by atoms with E-state index in [4.69, 9.17) is 20.3 Å². The van der Waals surface area contributed by atoms with Crippen LogP contribution in [-0.2, 0) is 6.42 Å². The Labute approximate surface area is 202 Å². The molecule has 2 aromatic heterocycles. The molecule has 0 bridgehead atoms. The number of halogens is 2. The Bertz CT molecular complexity index is 1280. The molecule has 0 saturated heterocycles. The highest BCUT2D eigenvalue weighted by molar-refractivity contribution is 5.63. The zero-order valence-corrected chi connectivity index (χ0v) is 19.1. The molecule has 1 saturated carbocycles. The number of aromatic nitrogens is 3. The number of nitrogen functional groups attached to an aromatic ring is 1. The summed E-state index contributed by atoms with van der Waals surface area (Å²) in [6.07, 6.45) is 8.22. The van der Waals surface area contributed by atoms with Gasteiger partial charge in [-0.2, -0.15) is 13.9 Å². The predicted molar refractivity (Wildman–Crippen MR) is 129 cm³/mol. The summed E-state index contributed by atoms with van der Waals surface area (Å²) in [4.78, 5) is 4.11. The normalized spacial score (nSPS) is 14.1. The molecule has 180 valence electrons. The van der Waals surface area contributed by atoms with Crippen LogP contribution < -0.4 is 15.2 Å². The molecule has 8 heteroatoms. The molecule has 6 nitrogen and oxygen atoms in total. The number of pyridine rings is 1. The summed E-state index contributed by atoms with van der Waals surface area (Å²) < 4.78 is 38.5. The summed E-state index contributed by atoms with van der Waals surface area (Å²) in [5, 5.41) is 4.83. The topological polar surface area (TPSA) is 75.2 Å². The van der Waals surface area contributed by atoms with E-state index in [1.807, 2.05) is 53.3 Å². The van der Waals surface area contributed by atoms with Crippen molar-refractivity contribution in [2.75, 3.05) is 12.3 Å². The first-order chi connectivity index (χ1) is 17.0. The summed E-state index contributed by atoms with van der Waals surface area (Å²) in [5.74, 6) is 0.822. The van der Waals surface area contributed by atoms with Crippen LogP contribution >= 0.6 is 0 Å². The van der Waals surface area contributed by atoms with Gasteiger partial charge in [0, 0.05) is 29.8 Å². The fourth-order valence-electron chi connectivity index (χ4n) is 4.00. The van der Waals surface area contributed by atoms with E-state index >= 15 is 0 Å². The Balaban J connectivity index is 1.51. The molecule has 35 heavy (non-hydrogen) atoms. The standard InChI is InChI=1S/C27H26F2N4O2/c28-27(29)35-25-7-6-21(16-26(25)34-17-19-4-5-19)24(14-18-8-11-31-12-9-18)33-13-10-23(32-33)20-2-1-3-22(30)15-20/h1-3,6-13,15-16,19,24,27H,4-5,14,17,30H2. The van der Waals surface area contributed by atoms with Gasteiger partial charge in [0.15, 0.2) is 11.5 Å². The van der Waals surface area contributed by atoms with Crippen molar-refractivity contribution in [1.82, 2.24) is 14.8 Å². The summed E-state index contributed by atoms with van der Waals surface area (Å²) in [6.45, 7) is -2.44. The fraction of sp³-hybridized carbons (Fsp3) is 0.259. The maximum absolute atomic E-state index is 13.0. The van der Waals surface area contributed by atoms with Crippen LogP contribution in [0.2, 0.25) is 0 Å². The van der Waals surface area contributed by atoms with Gasteiger partial charge in [0.05, 0.1) is 18.3 Å². The number of rotatable bonds is 10. The molecule has 0 aliphatic heterocycles. The van der Waals surface area contributed by atoms with Crippen LogP contribution in [0.3, 0.4) is 0 Å². The molecule has 0 amide bonds. The van der Waals surface area contributed by atoms with E-state index in [2.05, 4.69) is 4.98 Å². The third-order valence-electron chi connectivity index (χ3n) is 6.03. The molecule has 1 unspecified atom stereocenters. The maximum Gasteiger partial charge on any atom is 0.387 e. The lowest BCUT2D eigenvalue weighted by Gasteiger charge is -2.21. The van der Waals surface area contributed by atoms with Gasteiger partial charge in [0.25, 0.3) is 0 Å². The maximum atomic E-state index is 13.0. The number of benzene rings is 2. The van der Waals surface area contributed by atoms with Gasteiger partial charge in [-0.05, 0) is 78.8 Å². The van der Waals surface area contributed by atoms with Crippen LogP contribution in [0.4, 0.5) is 14.5 Å². The molecule has 1 aliphatic rings. The van der Waals surface area contributed by atoms with Gasteiger partial charge in [-0.3, -0.25) is 9.67 Å². The number of hydrogen-bond acceptors (Lipinski definition) is 5. The van der Waals surface area contributed by atoms with Crippen LogP contribution in [0.5, 0.6) is 11.5 Å². The largest absolute Gasteiger partial charge is 0.489 e. The third-order valence-corrected chi connectivity index (χ3v) is 6.03. The van der Waals surface area contributed by atoms with Crippen molar-refractivity contribution in [1.29, 1.82) is 0 Å². The van der Waals surface area contributed by atoms with Crippen molar-refractivity contribution in [3.8, 4) is 22.8 Å². The van der Waals surface area contributed by atoms with E-state index in [1.54, 1.807) is 30.6 Å². The fourth-order valence-corrected chi connectivity index (χ4v) is 4.00. The van der Waals surface area contributed by atoms with E-state index in [-0.39, 0.29) is 11.8 Å². The van der Waals surface area contributed by atoms with Crippen molar-refractivity contribution in [3.05, 3.63) is 90.4 Å². The van der Waals surface area contributed by atoms with Crippen LogP contribution in [-0.4, -0.2) is 28.0 Å². The molecule has 5 rings (SSSR count). The van der Waals surface area contributed by atoms with Crippen molar-refractivity contribution in [2.45, 2.75) is 31.9 Å². The quantitative estimate of drug-likeness (QED) is 0.295. The lowest BCUT2D eigenvalue weighted by molar-refractivity contribution is -0.0515. The van der Waals surface area contributed by atoms with Gasteiger partial charge < -0.3 is 15.2 Å². The molecule has 0 spiro atoms. The lowest BCUT2D eigenvalue weighted by atomic mass is 9.99. The van der Waals surface area contributed by atoms with Crippen molar-refractivity contribution in [3.63, 3.8) is 0 Å². The summed E-state index contributed by atoms with van der Waals surface area (Å²) in [7, 11) is 0. The molecule has 0 radical (unpaired) electrons. The molecular formula is C27H26F2N4O2. The average Bonchev–Trinajstić information content (AvgIpc) is 3.56. The lowest BCUT2D eigenvalue weighted by Crippen LogP contribution is -2.15. The van der Waals surface area contributed by atoms with E-state index in [1.165, 1.54) is 0 Å². The number of alkyl halides is 2. The van der Waals surface area contributed by atoms with Gasteiger partial charge in [0.1, 0.15) is 0 Å². The number of nitrogens with zero attached hydrogens (tertiary/aromatic N) is 3. The van der Waals surface area contributed by atoms with Crippen molar-refractivity contribution in [2.24, 2.45) is 5.92 Å². The van der Waals surface area contributed by atoms with Crippen LogP contribution in [0.1, 0.15) is 30.0 Å². The smallest absolute Gasteiger partial charge is 0.387 e. The van der Waals surface area contributed by atoms with Crippen LogP contribution in [0.25, 0.3) is 11.3 Å². The van der Waals surface area contributed by atoms with Gasteiger partial charge in [-0.25, -0.2) is 0 Å². The Morgan fingerprint density at radius 3 is 2.57 bits per heavy atom. The minimum Gasteiger partial charge on any atom is -0.489 e. The highest BCUT2D eigenvalue weighted by atomic mass is 19.3. The molecule has 1 atom stereocenters. The third kappa shape index (κ3) is 5.77. The zero-order valence-electron chi connectivity index (χ0n) is 19.1. The highest BCUT2D eigenvalue weighted by Crippen LogP contribution is 2.36. The molecule has 2 heterocycles. The Kier molecular flexibility index (Phi) is 6.61. The molecule has 2 N–H and O–H groups in total. The van der Waals surface area contributed by atoms with Crippen molar-refractivity contribution < 1.29 is 18.3 Å². The first-order valence-electron chi connectivity index (χ1n) is 11.6. The van der Waals surface area contributed by atoms with E-state index in [0.717, 1.165) is 35.2 Å². The first kappa shape index (κ1) is 22.8. The zero-order chi connectivity index (χ0) is 24.2. The van der Waals surface area contributed by atoms with Gasteiger partial charge in [-0.15, -0.1) is 0 Å². The second-order valence-corrected chi connectivity index (χ2v) is 8.72. The first-order valence-corrected chi connectivity index (χ1v) is 11.6. The van der Waals surface area contributed by atoms with E-state index < -0.39 is 6.61 Å². The van der Waals surface area contributed by atoms with Crippen molar-refractivity contribution >= 4 is 5.69 Å². The monoisotopic (exact) mass is 476 g/mol. The number of anilines is 1. The van der Waals surface area contributed by atoms with Crippen LogP contribution in [0, 0.1) is 5.92 Å².